The van der Waals surface area contributed by atoms with Gasteiger partial charge in [0, 0.05) is 6.54 Å². The average Bonchev–Trinajstić information content (AvgIpc) is 2.92. The number of ether oxygens (including phenoxy) is 1. The van der Waals surface area contributed by atoms with Gasteiger partial charge in [0.15, 0.2) is 0 Å². The third kappa shape index (κ3) is 2.52. The fraction of sp³-hybridized carbons (Fsp3) is 0.462. The molecule has 0 unspecified atom stereocenters. The fourth-order valence-electron chi connectivity index (χ4n) is 1.85. The van der Waals surface area contributed by atoms with E-state index >= 15 is 0 Å². The molecule has 0 spiro atoms. The Morgan fingerprint density at radius 3 is 2.79 bits per heavy atom. The van der Waals surface area contributed by atoms with Crippen LogP contribution in [0.1, 0.15) is 35.8 Å². The van der Waals surface area contributed by atoms with E-state index in [1.54, 1.807) is 18.5 Å². The molecule has 6 heteroatoms. The summed E-state index contributed by atoms with van der Waals surface area (Å²) in [4.78, 5) is 16.0. The van der Waals surface area contributed by atoms with E-state index in [4.69, 9.17) is 9.15 Å². The van der Waals surface area contributed by atoms with Gasteiger partial charge in [-0.1, -0.05) is 0 Å². The number of rotatable bonds is 4. The molecule has 0 aromatic carbocycles. The molecule has 0 amide bonds. The van der Waals surface area contributed by atoms with Crippen LogP contribution in [0.2, 0.25) is 0 Å². The molecule has 0 atom stereocenters. The molecule has 2 aromatic rings. The van der Waals surface area contributed by atoms with Crippen molar-refractivity contribution in [3.8, 4) is 11.6 Å². The molecule has 102 valence electrons. The first-order valence-corrected chi connectivity index (χ1v) is 6.26. The molecule has 0 radical (unpaired) electrons. The lowest BCUT2D eigenvalue weighted by molar-refractivity contribution is 0.0490. The Bertz CT molecular complexity index is 598. The Morgan fingerprint density at radius 2 is 2.16 bits per heavy atom. The number of carbonyl (C=O) groups is 1. The van der Waals surface area contributed by atoms with Crippen LogP contribution in [0.15, 0.2) is 10.5 Å². The molecule has 2 aromatic heterocycles. The third-order valence-electron chi connectivity index (χ3n) is 2.68. The Kier molecular flexibility index (Phi) is 3.69. The fourth-order valence-corrected chi connectivity index (χ4v) is 1.85. The van der Waals surface area contributed by atoms with Crippen LogP contribution >= 0.6 is 0 Å². The quantitative estimate of drug-likeness (QED) is 0.792. The molecule has 2 heterocycles. The van der Waals surface area contributed by atoms with Crippen molar-refractivity contribution in [3.63, 3.8) is 0 Å². The van der Waals surface area contributed by atoms with Gasteiger partial charge in [0.1, 0.15) is 5.69 Å². The summed E-state index contributed by atoms with van der Waals surface area (Å²) < 4.78 is 12.2. The van der Waals surface area contributed by atoms with Gasteiger partial charge >= 0.3 is 5.97 Å². The number of nitrogens with zero attached hydrogens (tertiary/aromatic N) is 3. The standard InChI is InChI=1S/C13H17N3O3/c1-5-16-10(7-8(3)15-16)12-14-9(4)11(19-12)13(17)18-6-2/h7H,5-6H2,1-4H3. The van der Waals surface area contributed by atoms with E-state index in [1.165, 1.54) is 0 Å². The summed E-state index contributed by atoms with van der Waals surface area (Å²) in [6, 6.07) is 1.88. The highest BCUT2D eigenvalue weighted by atomic mass is 16.5. The highest BCUT2D eigenvalue weighted by Crippen LogP contribution is 2.23. The van der Waals surface area contributed by atoms with E-state index in [2.05, 4.69) is 10.1 Å². The van der Waals surface area contributed by atoms with Gasteiger partial charge in [0.05, 0.1) is 18.0 Å². The molecule has 6 nitrogen and oxygen atoms in total. The summed E-state index contributed by atoms with van der Waals surface area (Å²) in [6.07, 6.45) is 0. The van der Waals surface area contributed by atoms with Crippen LogP contribution in [0.5, 0.6) is 0 Å². The van der Waals surface area contributed by atoms with Crippen molar-refractivity contribution in [2.24, 2.45) is 0 Å². The average molecular weight is 263 g/mol. The normalized spacial score (nSPS) is 10.7. The zero-order valence-corrected chi connectivity index (χ0v) is 11.6. The first kappa shape index (κ1) is 13.3. The number of esters is 1. The molecular weight excluding hydrogens is 246 g/mol. The maximum atomic E-state index is 11.7. The van der Waals surface area contributed by atoms with Crippen molar-refractivity contribution < 1.29 is 13.9 Å². The molecule has 0 aliphatic carbocycles. The largest absolute Gasteiger partial charge is 0.460 e. The Labute approximate surface area is 111 Å². The molecule has 0 saturated heterocycles. The van der Waals surface area contributed by atoms with Crippen molar-refractivity contribution in [2.45, 2.75) is 34.2 Å². The monoisotopic (exact) mass is 263 g/mol. The molecule has 0 fully saturated rings. The topological polar surface area (TPSA) is 70.2 Å². The van der Waals surface area contributed by atoms with E-state index in [9.17, 15) is 4.79 Å². The van der Waals surface area contributed by atoms with Crippen LogP contribution in [0.3, 0.4) is 0 Å². The van der Waals surface area contributed by atoms with Crippen molar-refractivity contribution in [3.05, 3.63) is 23.2 Å². The van der Waals surface area contributed by atoms with Crippen LogP contribution in [0.25, 0.3) is 11.6 Å². The van der Waals surface area contributed by atoms with Gasteiger partial charge in [0.2, 0.25) is 11.7 Å². The molecule has 19 heavy (non-hydrogen) atoms. The summed E-state index contributed by atoms with van der Waals surface area (Å²) in [7, 11) is 0. The summed E-state index contributed by atoms with van der Waals surface area (Å²) in [5.74, 6) is 0.0550. The molecule has 0 saturated carbocycles. The maximum absolute atomic E-state index is 11.7. The molecule has 2 rings (SSSR count). The molecule has 0 aliphatic rings. The lowest BCUT2D eigenvalue weighted by Gasteiger charge is -1.99. The molecular formula is C13H17N3O3. The zero-order valence-electron chi connectivity index (χ0n) is 11.6. The Balaban J connectivity index is 2.41. The minimum Gasteiger partial charge on any atom is -0.460 e. The van der Waals surface area contributed by atoms with E-state index < -0.39 is 5.97 Å². The van der Waals surface area contributed by atoms with Gasteiger partial charge in [-0.3, -0.25) is 4.68 Å². The smallest absolute Gasteiger partial charge is 0.376 e. The SMILES string of the molecule is CCOC(=O)c1oc(-c2cc(C)nn2CC)nc1C. The summed E-state index contributed by atoms with van der Waals surface area (Å²) >= 11 is 0. The van der Waals surface area contributed by atoms with Gasteiger partial charge in [0.25, 0.3) is 0 Å². The van der Waals surface area contributed by atoms with Gasteiger partial charge in [-0.05, 0) is 33.8 Å². The lowest BCUT2D eigenvalue weighted by atomic mass is 10.3. The Hall–Kier alpha value is -2.11. The van der Waals surface area contributed by atoms with Crippen molar-refractivity contribution in [1.29, 1.82) is 0 Å². The van der Waals surface area contributed by atoms with Crippen molar-refractivity contribution in [1.82, 2.24) is 14.8 Å². The second-order valence-electron chi connectivity index (χ2n) is 4.14. The van der Waals surface area contributed by atoms with Gasteiger partial charge in [-0.2, -0.15) is 5.10 Å². The number of hydrogen-bond acceptors (Lipinski definition) is 5. The number of aromatic nitrogens is 3. The predicted molar refractivity (Wildman–Crippen MR) is 68.8 cm³/mol. The first-order valence-electron chi connectivity index (χ1n) is 6.26. The maximum Gasteiger partial charge on any atom is 0.376 e. The minimum absolute atomic E-state index is 0.151. The second kappa shape index (κ2) is 5.26. The highest BCUT2D eigenvalue weighted by molar-refractivity contribution is 5.87. The van der Waals surface area contributed by atoms with Gasteiger partial charge in [-0.25, -0.2) is 9.78 Å². The molecule has 0 aliphatic heterocycles. The van der Waals surface area contributed by atoms with E-state index in [0.717, 1.165) is 11.4 Å². The molecule has 0 N–H and O–H groups in total. The van der Waals surface area contributed by atoms with Crippen LogP contribution in [0.4, 0.5) is 0 Å². The van der Waals surface area contributed by atoms with Crippen LogP contribution < -0.4 is 0 Å². The predicted octanol–water partition coefficient (Wildman–Crippen LogP) is 2.35. The first-order chi connectivity index (χ1) is 9.06. The van der Waals surface area contributed by atoms with E-state index in [0.29, 0.717) is 24.7 Å². The third-order valence-corrected chi connectivity index (χ3v) is 2.68. The number of hydrogen-bond donors (Lipinski definition) is 0. The van der Waals surface area contributed by atoms with Crippen LogP contribution in [0, 0.1) is 13.8 Å². The zero-order chi connectivity index (χ0) is 14.0. The van der Waals surface area contributed by atoms with Crippen LogP contribution in [-0.4, -0.2) is 27.3 Å². The summed E-state index contributed by atoms with van der Waals surface area (Å²) in [6.45, 7) is 8.37. The molecule has 0 bridgehead atoms. The summed E-state index contributed by atoms with van der Waals surface area (Å²) in [5.41, 5.74) is 2.17. The minimum atomic E-state index is -0.488. The van der Waals surface area contributed by atoms with E-state index in [1.807, 2.05) is 19.9 Å². The highest BCUT2D eigenvalue weighted by Gasteiger charge is 2.21. The van der Waals surface area contributed by atoms with Gasteiger partial charge in [-0.15, -0.1) is 0 Å². The summed E-state index contributed by atoms with van der Waals surface area (Å²) in [5, 5.41) is 4.33. The van der Waals surface area contributed by atoms with Crippen molar-refractivity contribution in [2.75, 3.05) is 6.61 Å². The van der Waals surface area contributed by atoms with E-state index in [-0.39, 0.29) is 5.76 Å². The number of carbonyl (C=O) groups excluding carboxylic acids is 1. The second-order valence-corrected chi connectivity index (χ2v) is 4.14. The van der Waals surface area contributed by atoms with Crippen molar-refractivity contribution >= 4 is 5.97 Å². The lowest BCUT2D eigenvalue weighted by Crippen LogP contribution is -2.04. The number of aryl methyl sites for hydroxylation is 3. The van der Waals surface area contributed by atoms with Gasteiger partial charge < -0.3 is 9.15 Å². The van der Waals surface area contributed by atoms with Crippen LogP contribution in [-0.2, 0) is 11.3 Å². The number of oxazole rings is 1. The Morgan fingerprint density at radius 1 is 1.42 bits per heavy atom.